The summed E-state index contributed by atoms with van der Waals surface area (Å²) in [7, 11) is 2.25. The van der Waals surface area contributed by atoms with Gasteiger partial charge in [0.15, 0.2) is 0 Å². The minimum Gasteiger partial charge on any atom is -0.490 e. The molecule has 0 amide bonds. The highest BCUT2D eigenvalue weighted by Gasteiger charge is 2.39. The zero-order valence-electron chi connectivity index (χ0n) is 10.1. The van der Waals surface area contributed by atoms with Gasteiger partial charge in [0.1, 0.15) is 11.9 Å². The highest BCUT2D eigenvalue weighted by molar-refractivity contribution is 6.30. The number of ether oxygens (including phenoxy) is 1. The van der Waals surface area contributed by atoms with Gasteiger partial charge in [-0.15, -0.1) is 0 Å². The van der Waals surface area contributed by atoms with Gasteiger partial charge in [-0.25, -0.2) is 0 Å². The first kappa shape index (κ1) is 11.4. The van der Waals surface area contributed by atoms with E-state index in [0.29, 0.717) is 6.10 Å². The summed E-state index contributed by atoms with van der Waals surface area (Å²) in [5.41, 5.74) is 0. The zero-order chi connectivity index (χ0) is 11.8. The van der Waals surface area contributed by atoms with Gasteiger partial charge in [-0.3, -0.25) is 0 Å². The highest BCUT2D eigenvalue weighted by Crippen LogP contribution is 2.36. The van der Waals surface area contributed by atoms with Crippen molar-refractivity contribution in [1.29, 1.82) is 0 Å². The number of hydrogen-bond acceptors (Lipinski definition) is 2. The lowest BCUT2D eigenvalue weighted by atomic mass is 10.0. The maximum atomic E-state index is 6.05. The van der Waals surface area contributed by atoms with E-state index in [0.717, 1.165) is 35.7 Å². The summed E-state index contributed by atoms with van der Waals surface area (Å²) in [6, 6.07) is 9.16. The van der Waals surface area contributed by atoms with Crippen LogP contribution in [0.2, 0.25) is 5.02 Å². The summed E-state index contributed by atoms with van der Waals surface area (Å²) < 4.78 is 6.05. The van der Waals surface area contributed by atoms with E-state index >= 15 is 0 Å². The van der Waals surface area contributed by atoms with Crippen LogP contribution in [0.5, 0.6) is 5.75 Å². The van der Waals surface area contributed by atoms with Crippen LogP contribution in [0.15, 0.2) is 24.3 Å². The number of benzene rings is 1. The summed E-state index contributed by atoms with van der Waals surface area (Å²) in [5.74, 6) is 0.909. The van der Waals surface area contributed by atoms with E-state index in [2.05, 4.69) is 11.9 Å². The van der Waals surface area contributed by atoms with Crippen LogP contribution in [-0.4, -0.2) is 30.1 Å². The van der Waals surface area contributed by atoms with Gasteiger partial charge in [0, 0.05) is 17.1 Å². The highest BCUT2D eigenvalue weighted by atomic mass is 35.5. The Balaban J connectivity index is 1.67. The van der Waals surface area contributed by atoms with Crippen LogP contribution in [-0.2, 0) is 0 Å². The van der Waals surface area contributed by atoms with Crippen LogP contribution in [0.4, 0.5) is 0 Å². The van der Waals surface area contributed by atoms with Crippen LogP contribution in [0.25, 0.3) is 0 Å². The van der Waals surface area contributed by atoms with Crippen LogP contribution >= 0.6 is 11.6 Å². The van der Waals surface area contributed by atoms with E-state index < -0.39 is 0 Å². The van der Waals surface area contributed by atoms with Crippen LogP contribution in [0, 0.1) is 0 Å². The second-order valence-electron chi connectivity index (χ2n) is 5.22. The Bertz CT molecular complexity index is 395. The molecule has 92 valence electrons. The maximum absolute atomic E-state index is 6.05. The van der Waals surface area contributed by atoms with E-state index in [9.17, 15) is 0 Å². The normalized spacial score (nSPS) is 32.7. The average molecular weight is 252 g/mol. The zero-order valence-corrected chi connectivity index (χ0v) is 10.9. The maximum Gasteiger partial charge on any atom is 0.121 e. The lowest BCUT2D eigenvalue weighted by molar-refractivity contribution is 0.0662. The quantitative estimate of drug-likeness (QED) is 0.799. The van der Waals surface area contributed by atoms with Gasteiger partial charge >= 0.3 is 0 Å². The van der Waals surface area contributed by atoms with E-state index in [1.54, 1.807) is 0 Å². The lowest BCUT2D eigenvalue weighted by Gasteiger charge is -2.36. The lowest BCUT2D eigenvalue weighted by Crippen LogP contribution is -2.43. The predicted molar refractivity (Wildman–Crippen MR) is 69.7 cm³/mol. The Hall–Kier alpha value is -0.730. The van der Waals surface area contributed by atoms with Crippen molar-refractivity contribution in [3.63, 3.8) is 0 Å². The van der Waals surface area contributed by atoms with Gasteiger partial charge in [0.2, 0.25) is 0 Å². The molecule has 2 unspecified atom stereocenters. The van der Waals surface area contributed by atoms with Gasteiger partial charge in [0.05, 0.1) is 0 Å². The first-order valence-corrected chi connectivity index (χ1v) is 6.74. The van der Waals surface area contributed by atoms with Crippen molar-refractivity contribution < 1.29 is 4.74 Å². The van der Waals surface area contributed by atoms with Crippen molar-refractivity contribution in [2.75, 3.05) is 7.05 Å². The standard InChI is InChI=1S/C14H18ClNO/c1-16-11-5-6-12(16)9-14(8-11)17-13-4-2-3-10(15)7-13/h2-4,7,11-12,14H,5-6,8-9H2,1H3. The van der Waals surface area contributed by atoms with Crippen molar-refractivity contribution in [1.82, 2.24) is 4.90 Å². The molecule has 2 nitrogen and oxygen atoms in total. The third-order valence-corrected chi connectivity index (χ3v) is 4.39. The summed E-state index contributed by atoms with van der Waals surface area (Å²) in [6.07, 6.45) is 5.33. The Labute approximate surface area is 108 Å². The number of hydrogen-bond donors (Lipinski definition) is 0. The monoisotopic (exact) mass is 251 g/mol. The van der Waals surface area contributed by atoms with E-state index in [-0.39, 0.29) is 0 Å². The molecule has 3 rings (SSSR count). The summed E-state index contributed by atoms with van der Waals surface area (Å²) >= 11 is 5.97. The number of fused-ring (bicyclic) bond motifs is 2. The molecule has 0 N–H and O–H groups in total. The Morgan fingerprint density at radius 3 is 2.59 bits per heavy atom. The minimum atomic E-state index is 0.363. The Kier molecular flexibility index (Phi) is 3.01. The van der Waals surface area contributed by atoms with E-state index in [4.69, 9.17) is 16.3 Å². The molecular formula is C14H18ClNO. The SMILES string of the molecule is CN1C2CCC1CC(Oc1cccc(Cl)c1)C2. The summed E-state index contributed by atoms with van der Waals surface area (Å²) in [5, 5.41) is 0.749. The molecule has 2 saturated heterocycles. The average Bonchev–Trinajstić information content (AvgIpc) is 2.52. The predicted octanol–water partition coefficient (Wildman–Crippen LogP) is 3.34. The molecule has 2 bridgehead atoms. The van der Waals surface area contributed by atoms with Gasteiger partial charge in [0.25, 0.3) is 0 Å². The smallest absolute Gasteiger partial charge is 0.121 e. The molecule has 17 heavy (non-hydrogen) atoms. The molecule has 0 saturated carbocycles. The first-order chi connectivity index (χ1) is 8.22. The Morgan fingerprint density at radius 1 is 1.24 bits per heavy atom. The van der Waals surface area contributed by atoms with Crippen molar-refractivity contribution in [2.45, 2.75) is 43.9 Å². The van der Waals surface area contributed by atoms with E-state index in [1.165, 1.54) is 12.8 Å². The molecule has 0 aromatic heterocycles. The molecule has 0 aliphatic carbocycles. The molecule has 0 radical (unpaired) electrons. The van der Waals surface area contributed by atoms with Crippen LogP contribution in [0.1, 0.15) is 25.7 Å². The number of piperidine rings is 1. The van der Waals surface area contributed by atoms with Crippen molar-refractivity contribution >= 4 is 11.6 Å². The fraction of sp³-hybridized carbons (Fsp3) is 0.571. The summed E-state index contributed by atoms with van der Waals surface area (Å²) in [6.45, 7) is 0. The molecule has 2 aliphatic heterocycles. The second kappa shape index (κ2) is 4.51. The van der Waals surface area contributed by atoms with Crippen LogP contribution in [0.3, 0.4) is 0 Å². The third kappa shape index (κ3) is 2.29. The van der Waals surface area contributed by atoms with Gasteiger partial charge < -0.3 is 9.64 Å². The number of nitrogens with zero attached hydrogens (tertiary/aromatic N) is 1. The fourth-order valence-electron chi connectivity index (χ4n) is 3.19. The van der Waals surface area contributed by atoms with Crippen molar-refractivity contribution in [3.05, 3.63) is 29.3 Å². The first-order valence-electron chi connectivity index (χ1n) is 6.36. The number of halogens is 1. The second-order valence-corrected chi connectivity index (χ2v) is 5.66. The van der Waals surface area contributed by atoms with Crippen molar-refractivity contribution in [3.8, 4) is 5.75 Å². The van der Waals surface area contributed by atoms with Gasteiger partial charge in [-0.2, -0.15) is 0 Å². The van der Waals surface area contributed by atoms with E-state index in [1.807, 2.05) is 24.3 Å². The summed E-state index contributed by atoms with van der Waals surface area (Å²) in [4.78, 5) is 2.53. The Morgan fingerprint density at radius 2 is 1.94 bits per heavy atom. The molecule has 2 aliphatic rings. The number of rotatable bonds is 2. The molecule has 3 heteroatoms. The molecular weight excluding hydrogens is 234 g/mol. The molecule has 2 heterocycles. The molecule has 2 atom stereocenters. The largest absolute Gasteiger partial charge is 0.490 e. The third-order valence-electron chi connectivity index (χ3n) is 4.15. The topological polar surface area (TPSA) is 12.5 Å². The molecule has 1 aromatic carbocycles. The fourth-order valence-corrected chi connectivity index (χ4v) is 3.37. The molecule has 0 spiro atoms. The van der Waals surface area contributed by atoms with Crippen molar-refractivity contribution in [2.24, 2.45) is 0 Å². The molecule has 1 aromatic rings. The minimum absolute atomic E-state index is 0.363. The molecule has 2 fully saturated rings. The van der Waals surface area contributed by atoms with Crippen LogP contribution < -0.4 is 4.74 Å². The van der Waals surface area contributed by atoms with Gasteiger partial charge in [-0.05, 0) is 50.9 Å². The van der Waals surface area contributed by atoms with Gasteiger partial charge in [-0.1, -0.05) is 17.7 Å².